The first-order chi connectivity index (χ1) is 14.3. The van der Waals surface area contributed by atoms with Crippen molar-refractivity contribution in [1.82, 2.24) is 9.88 Å². The van der Waals surface area contributed by atoms with Crippen molar-refractivity contribution >= 4 is 33.3 Å². The third-order valence-corrected chi connectivity index (χ3v) is 6.51. The maximum atomic E-state index is 12.6. The number of carbonyl (C=O) groups is 1. The van der Waals surface area contributed by atoms with Crippen LogP contribution in [0.4, 0.5) is 10.5 Å². The summed E-state index contributed by atoms with van der Waals surface area (Å²) in [6.07, 6.45) is 1.72. The number of urea groups is 1. The van der Waals surface area contributed by atoms with Crippen molar-refractivity contribution in [1.29, 1.82) is 0 Å². The van der Waals surface area contributed by atoms with Gasteiger partial charge in [-0.2, -0.15) is 0 Å². The smallest absolute Gasteiger partial charge is 0.321 e. The van der Waals surface area contributed by atoms with Gasteiger partial charge in [-0.3, -0.25) is 0 Å². The van der Waals surface area contributed by atoms with Crippen LogP contribution in [-0.2, 0) is 5.41 Å². The van der Waals surface area contributed by atoms with E-state index in [9.17, 15) is 4.79 Å². The van der Waals surface area contributed by atoms with Crippen LogP contribution in [0.3, 0.4) is 0 Å². The summed E-state index contributed by atoms with van der Waals surface area (Å²) in [5.41, 5.74) is 4.37. The van der Waals surface area contributed by atoms with Crippen molar-refractivity contribution in [2.75, 3.05) is 18.4 Å². The average molecular weight is 424 g/mol. The molecular weight excluding hydrogens is 394 g/mol. The molecule has 1 N–H and O–H groups in total. The number of piperidine rings is 1. The fraction of sp³-hybridized carbons (Fsp3) is 0.417. The zero-order valence-corrected chi connectivity index (χ0v) is 18.9. The van der Waals surface area contributed by atoms with Gasteiger partial charge in [-0.05, 0) is 41.7 Å². The summed E-state index contributed by atoms with van der Waals surface area (Å²) in [4.78, 5) is 19.1. The minimum Gasteiger partial charge on any atom is -0.467 e. The van der Waals surface area contributed by atoms with Crippen LogP contribution in [0, 0.1) is 6.92 Å². The van der Waals surface area contributed by atoms with Gasteiger partial charge in [0.2, 0.25) is 0 Å². The Bertz CT molecular complexity index is 1030. The number of ether oxygens (including phenoxy) is 1. The van der Waals surface area contributed by atoms with Crippen molar-refractivity contribution in [3.05, 3.63) is 53.6 Å². The molecule has 1 saturated heterocycles. The molecule has 158 valence electrons. The van der Waals surface area contributed by atoms with Gasteiger partial charge in [0.15, 0.2) is 0 Å². The SMILES string of the molecule is Cc1cccc2sc(OC3CCN(C(=O)Nc4ccc(C(C)(C)C)cc4)CC3)nc12. The lowest BCUT2D eigenvalue weighted by atomic mass is 9.87. The molecule has 4 rings (SSSR count). The number of benzene rings is 2. The van der Waals surface area contributed by atoms with Crippen molar-refractivity contribution in [3.63, 3.8) is 0 Å². The van der Waals surface area contributed by atoms with Gasteiger partial charge in [0.25, 0.3) is 5.19 Å². The van der Waals surface area contributed by atoms with E-state index in [2.05, 4.69) is 62.3 Å². The molecule has 1 aliphatic heterocycles. The molecule has 0 unspecified atom stereocenters. The van der Waals surface area contributed by atoms with Crippen molar-refractivity contribution in [2.24, 2.45) is 0 Å². The first-order valence-corrected chi connectivity index (χ1v) is 11.3. The Morgan fingerprint density at radius 1 is 1.13 bits per heavy atom. The minimum atomic E-state index is -0.0485. The lowest BCUT2D eigenvalue weighted by molar-refractivity contribution is 0.115. The molecule has 2 aromatic carbocycles. The van der Waals surface area contributed by atoms with Crippen LogP contribution in [0.15, 0.2) is 42.5 Å². The Kier molecular flexibility index (Phi) is 5.69. The fourth-order valence-electron chi connectivity index (χ4n) is 3.69. The Morgan fingerprint density at radius 3 is 2.47 bits per heavy atom. The first-order valence-electron chi connectivity index (χ1n) is 10.5. The number of para-hydroxylation sites is 1. The van der Waals surface area contributed by atoms with Gasteiger partial charge in [0.05, 0.1) is 10.2 Å². The zero-order chi connectivity index (χ0) is 21.3. The van der Waals surface area contributed by atoms with E-state index >= 15 is 0 Å². The molecule has 2 heterocycles. The van der Waals surface area contributed by atoms with Gasteiger partial charge in [-0.15, -0.1) is 0 Å². The van der Waals surface area contributed by atoms with Gasteiger partial charge in [0.1, 0.15) is 6.10 Å². The molecule has 30 heavy (non-hydrogen) atoms. The van der Waals surface area contributed by atoms with E-state index in [0.717, 1.165) is 33.9 Å². The summed E-state index contributed by atoms with van der Waals surface area (Å²) in [6, 6.07) is 14.3. The Labute approximate surface area is 182 Å². The topological polar surface area (TPSA) is 54.5 Å². The zero-order valence-electron chi connectivity index (χ0n) is 18.1. The molecule has 2 amide bonds. The van der Waals surface area contributed by atoms with Crippen molar-refractivity contribution in [3.8, 4) is 5.19 Å². The standard InChI is InChI=1S/C24H29N3O2S/c1-16-6-5-7-20-21(16)26-23(30-20)29-19-12-14-27(15-13-19)22(28)25-18-10-8-17(9-11-18)24(2,3)4/h5-11,19H,12-15H2,1-4H3,(H,25,28). The van der Waals surface area contributed by atoms with Crippen LogP contribution >= 0.6 is 11.3 Å². The van der Waals surface area contributed by atoms with E-state index in [0.29, 0.717) is 13.1 Å². The second kappa shape index (κ2) is 8.26. The maximum Gasteiger partial charge on any atom is 0.321 e. The summed E-state index contributed by atoms with van der Waals surface area (Å²) in [7, 11) is 0. The third kappa shape index (κ3) is 4.59. The monoisotopic (exact) mass is 423 g/mol. The van der Waals surface area contributed by atoms with Gasteiger partial charge in [-0.1, -0.05) is 56.4 Å². The number of nitrogens with zero attached hydrogens (tertiary/aromatic N) is 2. The molecule has 6 heteroatoms. The molecule has 0 atom stereocenters. The summed E-state index contributed by atoms with van der Waals surface area (Å²) >= 11 is 1.59. The molecular formula is C24H29N3O2S. The molecule has 0 aliphatic carbocycles. The van der Waals surface area contributed by atoms with Gasteiger partial charge in [-0.25, -0.2) is 9.78 Å². The van der Waals surface area contributed by atoms with E-state index < -0.39 is 0 Å². The molecule has 1 aliphatic rings. The van der Waals surface area contributed by atoms with Crippen LogP contribution in [-0.4, -0.2) is 35.1 Å². The molecule has 0 bridgehead atoms. The number of amides is 2. The highest BCUT2D eigenvalue weighted by atomic mass is 32.1. The number of nitrogens with one attached hydrogen (secondary N) is 1. The highest BCUT2D eigenvalue weighted by Crippen LogP contribution is 2.31. The summed E-state index contributed by atoms with van der Waals surface area (Å²) in [5.74, 6) is 0. The maximum absolute atomic E-state index is 12.6. The first kappa shape index (κ1) is 20.7. The van der Waals surface area contributed by atoms with E-state index in [1.165, 1.54) is 11.1 Å². The van der Waals surface area contributed by atoms with Crippen molar-refractivity contribution in [2.45, 2.75) is 52.1 Å². The number of likely N-dealkylation sites (tertiary alicyclic amines) is 1. The molecule has 5 nitrogen and oxygen atoms in total. The largest absolute Gasteiger partial charge is 0.467 e. The van der Waals surface area contributed by atoms with Crippen LogP contribution in [0.25, 0.3) is 10.2 Å². The quantitative estimate of drug-likeness (QED) is 0.564. The number of anilines is 1. The molecule has 1 aromatic heterocycles. The van der Waals surface area contributed by atoms with Gasteiger partial charge in [0, 0.05) is 31.6 Å². The number of carbonyl (C=O) groups excluding carboxylic acids is 1. The Balaban J connectivity index is 1.30. The number of aromatic nitrogens is 1. The highest BCUT2D eigenvalue weighted by molar-refractivity contribution is 7.20. The number of thiazole rings is 1. The van der Waals surface area contributed by atoms with Crippen LogP contribution in [0.5, 0.6) is 5.19 Å². The normalized spacial score (nSPS) is 15.4. The second-order valence-electron chi connectivity index (χ2n) is 8.96. The lowest BCUT2D eigenvalue weighted by Gasteiger charge is -2.31. The number of rotatable bonds is 3. The van der Waals surface area contributed by atoms with Crippen molar-refractivity contribution < 1.29 is 9.53 Å². The number of fused-ring (bicyclic) bond motifs is 1. The molecule has 3 aromatic rings. The van der Waals surface area contributed by atoms with Gasteiger partial charge < -0.3 is 15.0 Å². The molecule has 0 radical (unpaired) electrons. The van der Waals surface area contributed by atoms with Crippen LogP contribution < -0.4 is 10.1 Å². The Morgan fingerprint density at radius 2 is 1.83 bits per heavy atom. The van der Waals surface area contributed by atoms with Gasteiger partial charge >= 0.3 is 6.03 Å². The van der Waals surface area contributed by atoms with E-state index in [-0.39, 0.29) is 17.6 Å². The van der Waals surface area contributed by atoms with Crippen LogP contribution in [0.1, 0.15) is 44.7 Å². The predicted molar refractivity (Wildman–Crippen MR) is 124 cm³/mol. The fourth-order valence-corrected chi connectivity index (χ4v) is 4.65. The molecule has 0 spiro atoms. The average Bonchev–Trinajstić information content (AvgIpc) is 3.12. The van der Waals surface area contributed by atoms with E-state index in [1.54, 1.807) is 11.3 Å². The van der Waals surface area contributed by atoms with E-state index in [1.807, 2.05) is 23.1 Å². The summed E-state index contributed by atoms with van der Waals surface area (Å²) in [6.45, 7) is 9.98. The van der Waals surface area contributed by atoms with E-state index in [4.69, 9.17) is 4.74 Å². The molecule has 1 fully saturated rings. The number of aryl methyl sites for hydroxylation is 1. The lowest BCUT2D eigenvalue weighted by Crippen LogP contribution is -2.43. The highest BCUT2D eigenvalue weighted by Gasteiger charge is 2.25. The van der Waals surface area contributed by atoms with Crippen LogP contribution in [0.2, 0.25) is 0 Å². The second-order valence-corrected chi connectivity index (χ2v) is 9.96. The minimum absolute atomic E-state index is 0.0485. The predicted octanol–water partition coefficient (Wildman–Crippen LogP) is 5.98. The summed E-state index contributed by atoms with van der Waals surface area (Å²) in [5, 5.41) is 3.74. The number of hydrogen-bond acceptors (Lipinski definition) is 4. The number of hydrogen-bond donors (Lipinski definition) is 1. The Hall–Kier alpha value is -2.60. The summed E-state index contributed by atoms with van der Waals surface area (Å²) < 4.78 is 7.29. The molecule has 0 saturated carbocycles. The third-order valence-electron chi connectivity index (χ3n) is 5.60.